The van der Waals surface area contributed by atoms with Gasteiger partial charge in [0, 0.05) is 30.9 Å². The molecule has 27 heavy (non-hydrogen) atoms. The molecule has 0 saturated heterocycles. The lowest BCUT2D eigenvalue weighted by molar-refractivity contribution is -0.146. The van der Waals surface area contributed by atoms with Crippen LogP contribution in [-0.2, 0) is 27.4 Å². The van der Waals surface area contributed by atoms with Crippen molar-refractivity contribution < 1.29 is 14.3 Å². The number of benzene rings is 1. The number of nitrogens with zero attached hydrogens (tertiary/aromatic N) is 2. The highest BCUT2D eigenvalue weighted by molar-refractivity contribution is 5.81. The molecule has 0 aliphatic carbocycles. The molecule has 0 N–H and O–H groups in total. The molecule has 0 atom stereocenters. The van der Waals surface area contributed by atoms with E-state index in [1.165, 1.54) is 11.1 Å². The van der Waals surface area contributed by atoms with Gasteiger partial charge in [-0.05, 0) is 45.4 Å². The average molecular weight is 370 g/mol. The first-order chi connectivity index (χ1) is 12.9. The van der Waals surface area contributed by atoms with Gasteiger partial charge >= 0.3 is 5.97 Å². The van der Waals surface area contributed by atoms with Crippen LogP contribution < -0.4 is 0 Å². The van der Waals surface area contributed by atoms with Gasteiger partial charge in [0.15, 0.2) is 0 Å². The summed E-state index contributed by atoms with van der Waals surface area (Å²) in [6.07, 6.45) is 2.34. The second-order valence-corrected chi connectivity index (χ2v) is 7.03. The summed E-state index contributed by atoms with van der Waals surface area (Å²) in [5.41, 5.74) is 3.54. The fourth-order valence-corrected chi connectivity index (χ4v) is 2.96. The van der Waals surface area contributed by atoms with Gasteiger partial charge in [0.05, 0.1) is 19.6 Å². The number of amides is 1. The van der Waals surface area contributed by atoms with Crippen molar-refractivity contribution in [3.05, 3.63) is 59.4 Å². The molecule has 0 radical (unpaired) electrons. The summed E-state index contributed by atoms with van der Waals surface area (Å²) in [4.78, 5) is 26.0. The van der Waals surface area contributed by atoms with Crippen molar-refractivity contribution in [2.45, 2.75) is 59.7 Å². The number of carbonyl (C=O) groups excluding carboxylic acids is 2. The molecule has 0 aliphatic rings. The van der Waals surface area contributed by atoms with Crippen LogP contribution in [-0.4, -0.2) is 34.0 Å². The van der Waals surface area contributed by atoms with E-state index in [0.717, 1.165) is 12.2 Å². The topological polar surface area (TPSA) is 51.5 Å². The van der Waals surface area contributed by atoms with Gasteiger partial charge in [-0.1, -0.05) is 29.8 Å². The molecule has 0 aliphatic heterocycles. The van der Waals surface area contributed by atoms with E-state index in [0.29, 0.717) is 13.2 Å². The number of aryl methyl sites for hydroxylation is 1. The zero-order valence-corrected chi connectivity index (χ0v) is 16.8. The minimum atomic E-state index is -0.322. The standard InChI is InChI=1S/C22H30N2O3/c1-5-27-22(26)13-12-21(25)24(17(2)3)16-20-7-6-14-23(20)15-19-10-8-18(4)9-11-19/h6-11,14,17H,5,12-13,15-16H2,1-4H3. The van der Waals surface area contributed by atoms with E-state index in [4.69, 9.17) is 4.74 Å². The number of hydrogen-bond donors (Lipinski definition) is 0. The first kappa shape index (κ1) is 20.7. The number of carbonyl (C=O) groups is 2. The van der Waals surface area contributed by atoms with Crippen LogP contribution in [0.3, 0.4) is 0 Å². The largest absolute Gasteiger partial charge is 0.466 e. The fourth-order valence-electron chi connectivity index (χ4n) is 2.96. The average Bonchev–Trinajstić information content (AvgIpc) is 3.06. The third-order valence-electron chi connectivity index (χ3n) is 4.52. The molecule has 0 unspecified atom stereocenters. The van der Waals surface area contributed by atoms with Gasteiger partial charge in [-0.25, -0.2) is 0 Å². The van der Waals surface area contributed by atoms with Crippen LogP contribution in [0.1, 0.15) is 50.4 Å². The molecule has 5 nitrogen and oxygen atoms in total. The Balaban J connectivity index is 2.04. The Morgan fingerprint density at radius 2 is 1.81 bits per heavy atom. The van der Waals surface area contributed by atoms with Crippen LogP contribution in [0, 0.1) is 6.92 Å². The van der Waals surface area contributed by atoms with Gasteiger partial charge in [0.25, 0.3) is 0 Å². The summed E-state index contributed by atoms with van der Waals surface area (Å²) in [6, 6.07) is 12.6. The van der Waals surface area contributed by atoms with Gasteiger partial charge in [-0.15, -0.1) is 0 Å². The van der Waals surface area contributed by atoms with E-state index in [-0.39, 0.29) is 30.8 Å². The van der Waals surface area contributed by atoms with Crippen LogP contribution in [0.25, 0.3) is 0 Å². The Hall–Kier alpha value is -2.56. The first-order valence-corrected chi connectivity index (χ1v) is 9.55. The normalized spacial score (nSPS) is 10.9. The predicted molar refractivity (Wildman–Crippen MR) is 106 cm³/mol. The van der Waals surface area contributed by atoms with Crippen molar-refractivity contribution in [1.82, 2.24) is 9.47 Å². The molecule has 5 heteroatoms. The molecule has 0 fully saturated rings. The number of esters is 1. The summed E-state index contributed by atoms with van der Waals surface area (Å²) >= 11 is 0. The minimum Gasteiger partial charge on any atom is -0.466 e. The maximum atomic E-state index is 12.6. The van der Waals surface area contributed by atoms with E-state index >= 15 is 0 Å². The lowest BCUT2D eigenvalue weighted by Crippen LogP contribution is -2.37. The van der Waals surface area contributed by atoms with Gasteiger partial charge in [-0.2, -0.15) is 0 Å². The molecule has 1 heterocycles. The van der Waals surface area contributed by atoms with Gasteiger partial charge in [0.2, 0.25) is 5.91 Å². The highest BCUT2D eigenvalue weighted by Crippen LogP contribution is 2.14. The summed E-state index contributed by atoms with van der Waals surface area (Å²) < 4.78 is 7.08. The second kappa shape index (κ2) is 9.95. The van der Waals surface area contributed by atoms with E-state index in [2.05, 4.69) is 35.8 Å². The second-order valence-electron chi connectivity index (χ2n) is 7.03. The van der Waals surface area contributed by atoms with Crippen LogP contribution >= 0.6 is 0 Å². The van der Waals surface area contributed by atoms with Crippen LogP contribution in [0.2, 0.25) is 0 Å². The third-order valence-corrected chi connectivity index (χ3v) is 4.52. The number of hydrogen-bond acceptors (Lipinski definition) is 3. The lowest BCUT2D eigenvalue weighted by Gasteiger charge is -2.27. The Morgan fingerprint density at radius 3 is 2.44 bits per heavy atom. The molecular formula is C22H30N2O3. The van der Waals surface area contributed by atoms with Crippen molar-refractivity contribution in [3.63, 3.8) is 0 Å². The number of aromatic nitrogens is 1. The molecular weight excluding hydrogens is 340 g/mol. The van der Waals surface area contributed by atoms with E-state index in [1.807, 2.05) is 37.1 Å². The van der Waals surface area contributed by atoms with Crippen molar-refractivity contribution in [1.29, 1.82) is 0 Å². The summed E-state index contributed by atoms with van der Waals surface area (Å²) in [6.45, 7) is 9.47. The molecule has 1 aromatic heterocycles. The fraction of sp³-hybridized carbons (Fsp3) is 0.455. The first-order valence-electron chi connectivity index (χ1n) is 9.55. The highest BCUT2D eigenvalue weighted by atomic mass is 16.5. The van der Waals surface area contributed by atoms with E-state index in [1.54, 1.807) is 6.92 Å². The summed E-state index contributed by atoms with van der Waals surface area (Å²) in [5.74, 6) is -0.349. The van der Waals surface area contributed by atoms with Crippen molar-refractivity contribution in [2.75, 3.05) is 6.61 Å². The molecule has 0 bridgehead atoms. The Bertz CT molecular complexity index is 747. The monoisotopic (exact) mass is 370 g/mol. The van der Waals surface area contributed by atoms with Crippen molar-refractivity contribution in [3.8, 4) is 0 Å². The summed E-state index contributed by atoms with van der Waals surface area (Å²) in [5, 5.41) is 0. The Labute approximate surface area is 161 Å². The zero-order chi connectivity index (χ0) is 19.8. The molecule has 0 spiro atoms. The molecule has 146 valence electrons. The van der Waals surface area contributed by atoms with Gasteiger partial charge < -0.3 is 14.2 Å². The zero-order valence-electron chi connectivity index (χ0n) is 16.8. The quantitative estimate of drug-likeness (QED) is 0.629. The number of rotatable bonds is 9. The third kappa shape index (κ3) is 6.27. The van der Waals surface area contributed by atoms with E-state index < -0.39 is 0 Å². The van der Waals surface area contributed by atoms with Crippen molar-refractivity contribution in [2.24, 2.45) is 0 Å². The SMILES string of the molecule is CCOC(=O)CCC(=O)N(Cc1cccn1Cc1ccc(C)cc1)C(C)C. The van der Waals surface area contributed by atoms with Crippen LogP contribution in [0.5, 0.6) is 0 Å². The molecule has 2 rings (SSSR count). The molecule has 2 aromatic rings. The van der Waals surface area contributed by atoms with Crippen LogP contribution in [0.15, 0.2) is 42.6 Å². The minimum absolute atomic E-state index is 0.0267. The van der Waals surface area contributed by atoms with Gasteiger partial charge in [0.1, 0.15) is 0 Å². The maximum Gasteiger partial charge on any atom is 0.306 e. The molecule has 1 aromatic carbocycles. The molecule has 1 amide bonds. The van der Waals surface area contributed by atoms with Crippen molar-refractivity contribution >= 4 is 11.9 Å². The smallest absolute Gasteiger partial charge is 0.306 e. The Morgan fingerprint density at radius 1 is 1.11 bits per heavy atom. The maximum absolute atomic E-state index is 12.6. The summed E-state index contributed by atoms with van der Waals surface area (Å²) in [7, 11) is 0. The van der Waals surface area contributed by atoms with E-state index in [9.17, 15) is 9.59 Å². The molecule has 0 saturated carbocycles. The predicted octanol–water partition coefficient (Wildman–Crippen LogP) is 3.93. The van der Waals surface area contributed by atoms with Gasteiger partial charge in [-0.3, -0.25) is 9.59 Å². The Kier molecular flexibility index (Phi) is 7.65. The lowest BCUT2D eigenvalue weighted by atomic mass is 10.1. The number of ether oxygens (including phenoxy) is 1. The highest BCUT2D eigenvalue weighted by Gasteiger charge is 2.20. The van der Waals surface area contributed by atoms with Crippen LogP contribution in [0.4, 0.5) is 0 Å².